The molecule has 2 aromatic rings. The number of nitrogens with zero attached hydrogens (tertiary/aromatic N) is 3. The van der Waals surface area contributed by atoms with Gasteiger partial charge in [-0.15, -0.1) is 0 Å². The van der Waals surface area contributed by atoms with Gasteiger partial charge < -0.3 is 15.4 Å². The molecule has 2 aliphatic heterocycles. The standard InChI is InChI=1S/C27H30F2N4O2/c1-16-21(8-4-17-5-9-24(35-3)23(29)10-17)25(19-6-7-20(13-31)22(28)11-19)32-27(16,2)26(34)33-14-18(12-30)15-33/h5-7,9-11,16,18,21H,4,8,12,14-15,30H2,1-3H3/t16?,21?,27-/m0/s1. The molecule has 2 aliphatic rings. The first kappa shape index (κ1) is 24.8. The van der Waals surface area contributed by atoms with Gasteiger partial charge in [-0.05, 0) is 67.6 Å². The molecule has 184 valence electrons. The van der Waals surface area contributed by atoms with E-state index in [9.17, 15) is 13.6 Å². The summed E-state index contributed by atoms with van der Waals surface area (Å²) in [4.78, 5) is 20.2. The van der Waals surface area contributed by atoms with Crippen molar-refractivity contribution in [2.24, 2.45) is 28.5 Å². The van der Waals surface area contributed by atoms with Gasteiger partial charge in [-0.25, -0.2) is 8.78 Å². The number of nitrogens with two attached hydrogens (primary N) is 1. The van der Waals surface area contributed by atoms with Crippen molar-refractivity contribution in [3.63, 3.8) is 0 Å². The topological polar surface area (TPSA) is 91.7 Å². The van der Waals surface area contributed by atoms with E-state index in [0.717, 1.165) is 5.56 Å². The van der Waals surface area contributed by atoms with Crippen LogP contribution in [0.5, 0.6) is 5.75 Å². The molecule has 1 fully saturated rings. The molecule has 2 unspecified atom stereocenters. The van der Waals surface area contributed by atoms with Gasteiger partial charge in [0, 0.05) is 30.6 Å². The number of carbonyl (C=O) groups excluding carboxylic acids is 1. The zero-order valence-corrected chi connectivity index (χ0v) is 20.2. The normalized spacial score (nSPS) is 24.0. The molecule has 1 saturated heterocycles. The van der Waals surface area contributed by atoms with Gasteiger partial charge in [0.2, 0.25) is 0 Å². The number of ether oxygens (including phenoxy) is 1. The van der Waals surface area contributed by atoms with Gasteiger partial charge in [-0.1, -0.05) is 19.1 Å². The van der Waals surface area contributed by atoms with Crippen LogP contribution in [0.25, 0.3) is 0 Å². The number of carbonyl (C=O) groups is 1. The Bertz CT molecular complexity index is 1200. The second kappa shape index (κ2) is 9.74. The van der Waals surface area contributed by atoms with Gasteiger partial charge in [0.1, 0.15) is 17.4 Å². The Morgan fingerprint density at radius 1 is 1.26 bits per heavy atom. The van der Waals surface area contributed by atoms with Crippen LogP contribution in [0.1, 0.15) is 37.0 Å². The molecule has 0 saturated carbocycles. The van der Waals surface area contributed by atoms with Crippen LogP contribution in [0.2, 0.25) is 0 Å². The molecule has 0 aliphatic carbocycles. The Morgan fingerprint density at radius 2 is 2.00 bits per heavy atom. The number of amides is 1. The summed E-state index contributed by atoms with van der Waals surface area (Å²) in [7, 11) is 1.42. The second-order valence-electron chi connectivity index (χ2n) is 9.67. The first-order valence-corrected chi connectivity index (χ1v) is 11.8. The Kier molecular flexibility index (Phi) is 6.91. The summed E-state index contributed by atoms with van der Waals surface area (Å²) in [6, 6.07) is 11.1. The van der Waals surface area contributed by atoms with Crippen molar-refractivity contribution in [1.82, 2.24) is 4.90 Å². The van der Waals surface area contributed by atoms with Crippen molar-refractivity contribution in [3.8, 4) is 11.8 Å². The second-order valence-corrected chi connectivity index (χ2v) is 9.67. The lowest BCUT2D eigenvalue weighted by Gasteiger charge is -2.43. The highest BCUT2D eigenvalue weighted by molar-refractivity contribution is 6.07. The zero-order valence-electron chi connectivity index (χ0n) is 20.2. The molecule has 2 aromatic carbocycles. The van der Waals surface area contributed by atoms with E-state index in [2.05, 4.69) is 0 Å². The molecular formula is C27H30F2N4O2. The van der Waals surface area contributed by atoms with E-state index < -0.39 is 17.2 Å². The number of hydrogen-bond donors (Lipinski definition) is 1. The lowest BCUT2D eigenvalue weighted by Crippen LogP contribution is -2.59. The van der Waals surface area contributed by atoms with E-state index in [0.29, 0.717) is 49.7 Å². The van der Waals surface area contributed by atoms with E-state index in [-0.39, 0.29) is 29.1 Å². The number of hydrogen-bond acceptors (Lipinski definition) is 5. The molecule has 3 atom stereocenters. The van der Waals surface area contributed by atoms with Gasteiger partial charge >= 0.3 is 0 Å². The number of aliphatic imine (C=N–C) groups is 1. The highest BCUT2D eigenvalue weighted by atomic mass is 19.1. The van der Waals surface area contributed by atoms with Gasteiger partial charge in [-0.3, -0.25) is 9.79 Å². The molecule has 2 N–H and O–H groups in total. The van der Waals surface area contributed by atoms with E-state index in [1.54, 1.807) is 17.0 Å². The molecule has 0 spiro atoms. The highest BCUT2D eigenvalue weighted by Gasteiger charge is 2.52. The Morgan fingerprint density at radius 3 is 2.60 bits per heavy atom. The number of benzene rings is 2. The summed E-state index contributed by atoms with van der Waals surface area (Å²) in [6.07, 6.45) is 1.15. The summed E-state index contributed by atoms with van der Waals surface area (Å²) in [5.74, 6) is -0.946. The summed E-state index contributed by atoms with van der Waals surface area (Å²) in [5.41, 5.74) is 6.68. The molecule has 0 bridgehead atoms. The van der Waals surface area contributed by atoms with E-state index in [1.165, 1.54) is 25.3 Å². The average molecular weight is 481 g/mol. The van der Waals surface area contributed by atoms with E-state index >= 15 is 0 Å². The summed E-state index contributed by atoms with van der Waals surface area (Å²) >= 11 is 0. The number of halogens is 2. The molecule has 0 radical (unpaired) electrons. The molecule has 8 heteroatoms. The predicted molar refractivity (Wildman–Crippen MR) is 129 cm³/mol. The minimum atomic E-state index is -1.00. The van der Waals surface area contributed by atoms with Crippen LogP contribution in [-0.2, 0) is 11.2 Å². The molecule has 35 heavy (non-hydrogen) atoms. The molecular weight excluding hydrogens is 450 g/mol. The van der Waals surface area contributed by atoms with Crippen LogP contribution < -0.4 is 10.5 Å². The number of aryl methyl sites for hydroxylation is 1. The third-order valence-corrected chi connectivity index (χ3v) is 7.55. The third-order valence-electron chi connectivity index (χ3n) is 7.55. The molecule has 6 nitrogen and oxygen atoms in total. The maximum absolute atomic E-state index is 14.5. The smallest absolute Gasteiger partial charge is 0.250 e. The lowest BCUT2D eigenvalue weighted by atomic mass is 9.75. The Labute approximate surface area is 204 Å². The number of rotatable bonds is 7. The number of likely N-dealkylation sites (tertiary alicyclic amines) is 1. The summed E-state index contributed by atoms with van der Waals surface area (Å²) in [6.45, 7) is 5.60. The maximum Gasteiger partial charge on any atom is 0.250 e. The van der Waals surface area contributed by atoms with Gasteiger partial charge in [0.15, 0.2) is 11.6 Å². The van der Waals surface area contributed by atoms with Crippen LogP contribution in [0.4, 0.5) is 8.78 Å². The molecule has 1 amide bonds. The van der Waals surface area contributed by atoms with Crippen molar-refractivity contribution in [2.75, 3.05) is 26.7 Å². The quantitative estimate of drug-likeness (QED) is 0.654. The first-order chi connectivity index (χ1) is 16.7. The van der Waals surface area contributed by atoms with Crippen molar-refractivity contribution < 1.29 is 18.3 Å². The lowest BCUT2D eigenvalue weighted by molar-refractivity contribution is -0.144. The van der Waals surface area contributed by atoms with Crippen LogP contribution in [0, 0.1) is 40.7 Å². The minimum Gasteiger partial charge on any atom is -0.494 e. The van der Waals surface area contributed by atoms with Crippen molar-refractivity contribution in [3.05, 3.63) is 64.7 Å². The Hall–Kier alpha value is -3.31. The van der Waals surface area contributed by atoms with Crippen molar-refractivity contribution in [2.45, 2.75) is 32.2 Å². The maximum atomic E-state index is 14.5. The van der Waals surface area contributed by atoms with E-state index in [1.807, 2.05) is 26.0 Å². The fourth-order valence-corrected chi connectivity index (χ4v) is 5.13. The van der Waals surface area contributed by atoms with Crippen molar-refractivity contribution >= 4 is 11.6 Å². The van der Waals surface area contributed by atoms with Gasteiger partial charge in [0.25, 0.3) is 5.91 Å². The first-order valence-electron chi connectivity index (χ1n) is 11.8. The molecule has 0 aromatic heterocycles. The molecule has 2 heterocycles. The number of nitriles is 1. The summed E-state index contributed by atoms with van der Waals surface area (Å²) < 4.78 is 33.7. The third kappa shape index (κ3) is 4.53. The minimum absolute atomic E-state index is 0.0436. The predicted octanol–water partition coefficient (Wildman–Crippen LogP) is 3.71. The molecule has 4 rings (SSSR count). The van der Waals surface area contributed by atoms with Crippen LogP contribution in [-0.4, -0.2) is 48.8 Å². The Balaban J connectivity index is 1.64. The summed E-state index contributed by atoms with van der Waals surface area (Å²) in [5, 5.41) is 9.11. The fourth-order valence-electron chi connectivity index (χ4n) is 5.13. The highest BCUT2D eigenvalue weighted by Crippen LogP contribution is 2.43. The van der Waals surface area contributed by atoms with Gasteiger partial charge in [0.05, 0.1) is 12.7 Å². The largest absolute Gasteiger partial charge is 0.494 e. The fraction of sp³-hybridized carbons (Fsp3) is 0.444. The van der Waals surface area contributed by atoms with Crippen LogP contribution in [0.3, 0.4) is 0 Å². The van der Waals surface area contributed by atoms with Crippen molar-refractivity contribution in [1.29, 1.82) is 5.26 Å². The monoisotopic (exact) mass is 480 g/mol. The van der Waals surface area contributed by atoms with Crippen LogP contribution >= 0.6 is 0 Å². The zero-order chi connectivity index (χ0) is 25.3. The van der Waals surface area contributed by atoms with Gasteiger partial charge in [-0.2, -0.15) is 5.26 Å². The van der Waals surface area contributed by atoms with Crippen LogP contribution in [0.15, 0.2) is 41.4 Å². The number of methoxy groups -OCH3 is 1. The average Bonchev–Trinajstić information content (AvgIpc) is 3.08. The SMILES string of the molecule is COc1ccc(CCC2C(c3ccc(C#N)c(F)c3)=N[C@](C)(C(=O)N3CC(CN)C3)C2C)cc1F. The van der Waals surface area contributed by atoms with E-state index in [4.69, 9.17) is 20.7 Å².